The molecular weight excluding hydrogens is 347 g/mol. The Balaban J connectivity index is 2.03. The quantitative estimate of drug-likeness (QED) is 0.496. The highest BCUT2D eigenvalue weighted by Gasteiger charge is 2.07. The molecule has 0 saturated carbocycles. The number of nitriles is 1. The lowest BCUT2D eigenvalue weighted by Crippen LogP contribution is -2.12. The van der Waals surface area contributed by atoms with Gasteiger partial charge in [-0.1, -0.05) is 18.2 Å². The van der Waals surface area contributed by atoms with Crippen LogP contribution in [0.3, 0.4) is 0 Å². The van der Waals surface area contributed by atoms with Crippen LogP contribution in [0, 0.1) is 17.1 Å². The van der Waals surface area contributed by atoms with E-state index in [-0.39, 0.29) is 5.82 Å². The van der Waals surface area contributed by atoms with E-state index in [4.69, 9.17) is 5.26 Å². The normalized spacial score (nSPS) is 11.6. The van der Waals surface area contributed by atoms with Crippen LogP contribution in [0.2, 0.25) is 0 Å². The minimum absolute atomic E-state index is 0.284. The molecule has 1 aromatic heterocycles. The van der Waals surface area contributed by atoms with Gasteiger partial charge in [-0.25, -0.2) is 9.07 Å². The maximum absolute atomic E-state index is 13.2. The predicted molar refractivity (Wildman–Crippen MR) is 102 cm³/mol. The second-order valence-corrected chi connectivity index (χ2v) is 6.17. The summed E-state index contributed by atoms with van der Waals surface area (Å²) >= 11 is 1.45. The van der Waals surface area contributed by atoms with Crippen molar-refractivity contribution in [3.05, 3.63) is 88.3 Å². The van der Waals surface area contributed by atoms with E-state index in [1.165, 1.54) is 23.5 Å². The third-order valence-electron chi connectivity index (χ3n) is 3.54. The number of halogens is 1. The number of rotatable bonds is 5. The Morgan fingerprint density at radius 1 is 1.15 bits per heavy atom. The first kappa shape index (κ1) is 17.5. The predicted octanol–water partition coefficient (Wildman–Crippen LogP) is 4.20. The van der Waals surface area contributed by atoms with Gasteiger partial charge in [-0.2, -0.15) is 10.4 Å². The molecule has 0 atom stereocenters. The van der Waals surface area contributed by atoms with Crippen molar-refractivity contribution in [2.75, 3.05) is 6.54 Å². The van der Waals surface area contributed by atoms with Gasteiger partial charge in [0.1, 0.15) is 5.82 Å². The smallest absolute Gasteiger partial charge is 0.206 e. The second-order valence-electron chi connectivity index (χ2n) is 5.33. The van der Waals surface area contributed by atoms with E-state index in [0.29, 0.717) is 16.9 Å². The summed E-state index contributed by atoms with van der Waals surface area (Å²) in [5, 5.41) is 15.4. The number of thiazole rings is 1. The van der Waals surface area contributed by atoms with Crippen LogP contribution in [0.1, 0.15) is 11.1 Å². The molecule has 3 rings (SSSR count). The van der Waals surface area contributed by atoms with Crippen LogP contribution in [0.5, 0.6) is 0 Å². The lowest BCUT2D eigenvalue weighted by molar-refractivity contribution is 0.628. The molecule has 0 unspecified atom stereocenters. The first-order chi connectivity index (χ1) is 12.7. The van der Waals surface area contributed by atoms with Crippen LogP contribution in [0.25, 0.3) is 11.3 Å². The van der Waals surface area contributed by atoms with Gasteiger partial charge >= 0.3 is 0 Å². The number of hydrogen-bond acceptors (Lipinski definition) is 4. The molecule has 0 radical (unpaired) electrons. The molecule has 26 heavy (non-hydrogen) atoms. The van der Waals surface area contributed by atoms with Gasteiger partial charge in [0.2, 0.25) is 4.80 Å². The van der Waals surface area contributed by atoms with Gasteiger partial charge in [0, 0.05) is 10.9 Å². The zero-order valence-corrected chi connectivity index (χ0v) is 14.7. The molecule has 0 amide bonds. The molecule has 0 aliphatic carbocycles. The summed E-state index contributed by atoms with van der Waals surface area (Å²) in [5.74, 6) is -0.284. The molecule has 4 nitrogen and oxygen atoms in total. The third kappa shape index (κ3) is 4.02. The highest BCUT2D eigenvalue weighted by molar-refractivity contribution is 7.07. The van der Waals surface area contributed by atoms with Crippen LogP contribution < -0.4 is 4.80 Å². The molecule has 0 aliphatic rings. The Bertz CT molecular complexity index is 1040. The summed E-state index contributed by atoms with van der Waals surface area (Å²) in [7, 11) is 0. The Morgan fingerprint density at radius 2 is 1.88 bits per heavy atom. The van der Waals surface area contributed by atoms with Gasteiger partial charge in [-0.05, 0) is 42.0 Å². The molecule has 0 fully saturated rings. The maximum Gasteiger partial charge on any atom is 0.206 e. The first-order valence-electron chi connectivity index (χ1n) is 7.83. The SMILES string of the molecule is C=CCN=c1scc(-c2ccc(F)cc2)n1/N=C\c1ccc(C#N)cc1. The van der Waals surface area contributed by atoms with E-state index < -0.39 is 0 Å². The largest absolute Gasteiger partial charge is 0.253 e. The summed E-state index contributed by atoms with van der Waals surface area (Å²) < 4.78 is 14.9. The zero-order chi connectivity index (χ0) is 18.4. The van der Waals surface area contributed by atoms with E-state index in [1.54, 1.807) is 41.2 Å². The van der Waals surface area contributed by atoms with Crippen molar-refractivity contribution in [1.82, 2.24) is 4.68 Å². The summed E-state index contributed by atoms with van der Waals surface area (Å²) in [6.45, 7) is 4.17. The molecule has 2 aromatic carbocycles. The minimum atomic E-state index is -0.284. The van der Waals surface area contributed by atoms with E-state index in [2.05, 4.69) is 22.7 Å². The monoisotopic (exact) mass is 362 g/mol. The Labute approximate surface area is 154 Å². The molecule has 0 spiro atoms. The Morgan fingerprint density at radius 3 is 2.54 bits per heavy atom. The van der Waals surface area contributed by atoms with Crippen LogP contribution >= 0.6 is 11.3 Å². The van der Waals surface area contributed by atoms with Gasteiger partial charge < -0.3 is 0 Å². The first-order valence-corrected chi connectivity index (χ1v) is 8.71. The molecule has 128 valence electrons. The molecular formula is C20H15FN4S. The van der Waals surface area contributed by atoms with Crippen molar-refractivity contribution in [1.29, 1.82) is 5.26 Å². The van der Waals surface area contributed by atoms with Crippen molar-refractivity contribution in [3.63, 3.8) is 0 Å². The topological polar surface area (TPSA) is 53.4 Å². The molecule has 0 bridgehead atoms. The maximum atomic E-state index is 13.2. The van der Waals surface area contributed by atoms with Crippen molar-refractivity contribution >= 4 is 17.6 Å². The summed E-state index contributed by atoms with van der Waals surface area (Å²) in [5.41, 5.74) is 3.13. The van der Waals surface area contributed by atoms with Crippen molar-refractivity contribution in [2.45, 2.75) is 0 Å². The van der Waals surface area contributed by atoms with E-state index in [0.717, 1.165) is 16.8 Å². The molecule has 3 aromatic rings. The van der Waals surface area contributed by atoms with E-state index in [1.807, 2.05) is 17.5 Å². The number of nitrogens with zero attached hydrogens (tertiary/aromatic N) is 4. The van der Waals surface area contributed by atoms with Crippen LogP contribution in [-0.4, -0.2) is 17.4 Å². The number of benzene rings is 2. The molecule has 6 heteroatoms. The fraction of sp³-hybridized carbons (Fsp3) is 0.0500. The summed E-state index contributed by atoms with van der Waals surface area (Å²) in [4.78, 5) is 5.18. The van der Waals surface area contributed by atoms with E-state index >= 15 is 0 Å². The fourth-order valence-corrected chi connectivity index (χ4v) is 3.10. The average molecular weight is 362 g/mol. The minimum Gasteiger partial charge on any atom is -0.253 e. The summed E-state index contributed by atoms with van der Waals surface area (Å²) in [6, 6.07) is 15.5. The molecule has 1 heterocycles. The van der Waals surface area contributed by atoms with Gasteiger partial charge in [-0.15, -0.1) is 17.9 Å². The molecule has 0 aliphatic heterocycles. The highest BCUT2D eigenvalue weighted by atomic mass is 32.1. The van der Waals surface area contributed by atoms with Gasteiger partial charge in [0.15, 0.2) is 0 Å². The summed E-state index contributed by atoms with van der Waals surface area (Å²) in [6.07, 6.45) is 3.42. The van der Waals surface area contributed by atoms with E-state index in [9.17, 15) is 4.39 Å². The lowest BCUT2D eigenvalue weighted by Gasteiger charge is -2.03. The lowest BCUT2D eigenvalue weighted by atomic mass is 10.2. The van der Waals surface area contributed by atoms with Crippen molar-refractivity contribution < 1.29 is 4.39 Å². The van der Waals surface area contributed by atoms with Crippen LogP contribution in [0.4, 0.5) is 4.39 Å². The van der Waals surface area contributed by atoms with Crippen molar-refractivity contribution in [3.8, 4) is 17.3 Å². The van der Waals surface area contributed by atoms with Crippen molar-refractivity contribution in [2.24, 2.45) is 10.1 Å². The zero-order valence-electron chi connectivity index (χ0n) is 13.8. The molecule has 0 saturated heterocycles. The number of aromatic nitrogens is 1. The molecule has 0 N–H and O–H groups in total. The average Bonchev–Trinajstić information content (AvgIpc) is 3.08. The van der Waals surface area contributed by atoms with Crippen LogP contribution in [0.15, 0.2) is 76.7 Å². The van der Waals surface area contributed by atoms with Crippen LogP contribution in [-0.2, 0) is 0 Å². The Hall–Kier alpha value is -3.30. The fourth-order valence-electron chi connectivity index (χ4n) is 2.25. The highest BCUT2D eigenvalue weighted by Crippen LogP contribution is 2.20. The van der Waals surface area contributed by atoms with Gasteiger partial charge in [0.25, 0.3) is 0 Å². The second kappa shape index (κ2) is 8.19. The van der Waals surface area contributed by atoms with Gasteiger partial charge in [0.05, 0.1) is 30.1 Å². The standard InChI is InChI=1S/C20H15FN4S/c1-2-11-23-20-25(24-13-16-5-3-15(12-22)4-6-16)19(14-26-20)17-7-9-18(21)10-8-17/h2-10,13-14H,1,11H2/b23-20?,24-13-. The number of hydrogen-bond donors (Lipinski definition) is 0. The third-order valence-corrected chi connectivity index (χ3v) is 4.40. The van der Waals surface area contributed by atoms with Gasteiger partial charge in [-0.3, -0.25) is 4.99 Å². The Kier molecular flexibility index (Phi) is 5.52.